The van der Waals surface area contributed by atoms with Gasteiger partial charge in [-0.2, -0.15) is 14.8 Å². The van der Waals surface area contributed by atoms with Crippen molar-refractivity contribution in [3.05, 3.63) is 45.8 Å². The molecular weight excluding hydrogens is 488 g/mol. The molecule has 184 valence electrons. The molecule has 1 aliphatic rings. The van der Waals surface area contributed by atoms with Gasteiger partial charge in [-0.3, -0.25) is 14.5 Å². The molecule has 0 spiro atoms. The molecule has 3 N–H and O–H groups in total. The molecule has 2 amide bonds. The van der Waals surface area contributed by atoms with Crippen molar-refractivity contribution in [3.63, 3.8) is 0 Å². The highest BCUT2D eigenvalue weighted by Crippen LogP contribution is 2.37. The molecule has 1 aliphatic heterocycles. The fraction of sp³-hybridized carbons (Fsp3) is 0.391. The third kappa shape index (κ3) is 5.86. The van der Waals surface area contributed by atoms with Gasteiger partial charge < -0.3 is 11.1 Å². The second-order valence-corrected chi connectivity index (χ2v) is 10.9. The molecule has 2 heterocycles. The number of nitriles is 2. The van der Waals surface area contributed by atoms with E-state index in [9.17, 15) is 18.0 Å². The van der Waals surface area contributed by atoms with E-state index in [0.717, 1.165) is 27.8 Å². The maximum atomic E-state index is 13.0. The number of nitrogens with one attached hydrogen (secondary N) is 1. The Balaban J connectivity index is 1.81. The minimum atomic E-state index is -3.94. The van der Waals surface area contributed by atoms with Crippen LogP contribution in [0.5, 0.6) is 0 Å². The van der Waals surface area contributed by atoms with Crippen LogP contribution in [0.3, 0.4) is 0 Å². The Kier molecular flexibility index (Phi) is 8.59. The van der Waals surface area contributed by atoms with E-state index in [1.54, 1.807) is 0 Å². The second-order valence-electron chi connectivity index (χ2n) is 7.89. The van der Waals surface area contributed by atoms with Crippen molar-refractivity contribution in [2.45, 2.75) is 37.6 Å². The van der Waals surface area contributed by atoms with Gasteiger partial charge in [0.1, 0.15) is 5.00 Å². The number of carbonyl (C=O) groups excluding carboxylic acids is 2. The number of sulfonamides is 1. The molecule has 10 nitrogen and oxygen atoms in total. The first-order valence-corrected chi connectivity index (χ1v) is 13.3. The molecule has 0 aliphatic carbocycles. The van der Waals surface area contributed by atoms with E-state index in [1.165, 1.54) is 35.6 Å². The maximum absolute atomic E-state index is 13.0. The molecule has 12 heteroatoms. The summed E-state index contributed by atoms with van der Waals surface area (Å²) in [5.74, 6) is -1.09. The molecule has 1 aromatic heterocycles. The third-order valence-corrected chi connectivity index (χ3v) is 8.80. The van der Waals surface area contributed by atoms with Crippen LogP contribution in [-0.4, -0.2) is 55.6 Å². The number of nitrogens with two attached hydrogens (primary N) is 1. The van der Waals surface area contributed by atoms with Gasteiger partial charge in [0.2, 0.25) is 10.0 Å². The second kappa shape index (κ2) is 11.4. The van der Waals surface area contributed by atoms with E-state index >= 15 is 0 Å². The molecule has 0 radical (unpaired) electrons. The van der Waals surface area contributed by atoms with Gasteiger partial charge in [0.05, 0.1) is 22.6 Å². The summed E-state index contributed by atoms with van der Waals surface area (Å²) in [5.41, 5.74) is 7.04. The van der Waals surface area contributed by atoms with E-state index < -0.39 is 21.8 Å². The molecule has 0 atom stereocenters. The lowest BCUT2D eigenvalue weighted by atomic mass is 10.0. The first-order chi connectivity index (χ1) is 16.7. The number of hydrogen-bond acceptors (Lipinski definition) is 8. The average molecular weight is 515 g/mol. The lowest BCUT2D eigenvalue weighted by Crippen LogP contribution is -2.32. The SMILES string of the molecule is CCN1CCc2c(sc(NC(=O)c3ccc(S(=O)(=O)N(CCC#N)CCC#N)cc3)c2C(N)=O)C1. The van der Waals surface area contributed by atoms with Crippen molar-refractivity contribution in [2.75, 3.05) is 31.5 Å². The highest BCUT2D eigenvalue weighted by molar-refractivity contribution is 7.89. The minimum Gasteiger partial charge on any atom is -0.365 e. The zero-order valence-electron chi connectivity index (χ0n) is 19.3. The van der Waals surface area contributed by atoms with Crippen LogP contribution >= 0.6 is 11.3 Å². The molecule has 2 aromatic rings. The predicted octanol–water partition coefficient (Wildman–Crippen LogP) is 2.30. The van der Waals surface area contributed by atoms with Gasteiger partial charge in [-0.15, -0.1) is 11.3 Å². The van der Waals surface area contributed by atoms with Gasteiger partial charge in [-0.1, -0.05) is 6.92 Å². The Morgan fingerprint density at radius 1 is 1.17 bits per heavy atom. The van der Waals surface area contributed by atoms with Gasteiger partial charge in [-0.25, -0.2) is 8.42 Å². The standard InChI is InChI=1S/C23H26N6O4S2/c1-2-28-14-9-18-19(15-28)34-23(20(18)21(26)30)27-22(31)16-5-7-17(8-6-16)35(32,33)29(12-3-10-24)13-4-11-25/h5-8H,2-4,9,12-15H2,1H3,(H2,26,30)(H,27,31). The largest absolute Gasteiger partial charge is 0.365 e. The number of likely N-dealkylation sites (N-methyl/N-ethyl adjacent to an activating group) is 1. The van der Waals surface area contributed by atoms with Crippen LogP contribution in [0, 0.1) is 22.7 Å². The van der Waals surface area contributed by atoms with Gasteiger partial charge in [0.25, 0.3) is 11.8 Å². The maximum Gasteiger partial charge on any atom is 0.256 e. The number of nitrogens with zero attached hydrogens (tertiary/aromatic N) is 4. The van der Waals surface area contributed by atoms with Crippen LogP contribution in [0.1, 0.15) is 50.9 Å². The van der Waals surface area contributed by atoms with Crippen LogP contribution in [0.2, 0.25) is 0 Å². The average Bonchev–Trinajstić information content (AvgIpc) is 3.21. The molecule has 0 saturated heterocycles. The summed E-state index contributed by atoms with van der Waals surface area (Å²) in [6.45, 7) is 4.38. The number of thiophene rings is 1. The molecule has 35 heavy (non-hydrogen) atoms. The molecule has 3 rings (SSSR count). The Hall–Kier alpha value is -3.29. The van der Waals surface area contributed by atoms with E-state index in [0.29, 0.717) is 23.5 Å². The number of carbonyl (C=O) groups is 2. The first kappa shape index (κ1) is 26.3. The van der Waals surface area contributed by atoms with Gasteiger partial charge in [-0.05, 0) is 42.8 Å². The number of hydrogen-bond donors (Lipinski definition) is 2. The Morgan fingerprint density at radius 2 is 1.80 bits per heavy atom. The molecule has 0 unspecified atom stereocenters. The summed E-state index contributed by atoms with van der Waals surface area (Å²) < 4.78 is 27.0. The van der Waals surface area contributed by atoms with E-state index in [1.807, 2.05) is 12.1 Å². The smallest absolute Gasteiger partial charge is 0.256 e. The van der Waals surface area contributed by atoms with E-state index in [2.05, 4.69) is 17.1 Å². The Morgan fingerprint density at radius 3 is 2.34 bits per heavy atom. The highest BCUT2D eigenvalue weighted by Gasteiger charge is 2.28. The zero-order valence-corrected chi connectivity index (χ0v) is 20.9. The van der Waals surface area contributed by atoms with Gasteiger partial charge in [0.15, 0.2) is 0 Å². The Bertz CT molecular complexity index is 1270. The predicted molar refractivity (Wildman–Crippen MR) is 131 cm³/mol. The normalized spacial score (nSPS) is 13.6. The van der Waals surface area contributed by atoms with Crippen LogP contribution in [-0.2, 0) is 23.0 Å². The van der Waals surface area contributed by atoms with Crippen molar-refractivity contribution in [3.8, 4) is 12.1 Å². The summed E-state index contributed by atoms with van der Waals surface area (Å²) in [6.07, 6.45) is 0.663. The van der Waals surface area contributed by atoms with E-state index in [4.69, 9.17) is 16.3 Å². The number of anilines is 1. The fourth-order valence-corrected chi connectivity index (χ4v) is 6.61. The summed E-state index contributed by atoms with van der Waals surface area (Å²) >= 11 is 1.33. The molecule has 1 aromatic carbocycles. The molecular formula is C23H26N6O4S2. The van der Waals surface area contributed by atoms with Gasteiger partial charge >= 0.3 is 0 Å². The van der Waals surface area contributed by atoms with Crippen molar-refractivity contribution in [1.82, 2.24) is 9.21 Å². The van der Waals surface area contributed by atoms with Crippen molar-refractivity contribution >= 4 is 38.2 Å². The number of primary amides is 1. The number of benzene rings is 1. The van der Waals surface area contributed by atoms with Crippen molar-refractivity contribution < 1.29 is 18.0 Å². The summed E-state index contributed by atoms with van der Waals surface area (Å²) in [5, 5.41) is 20.8. The van der Waals surface area contributed by atoms with Crippen LogP contribution < -0.4 is 11.1 Å². The molecule has 0 saturated carbocycles. The molecule has 0 bridgehead atoms. The van der Waals surface area contributed by atoms with Crippen LogP contribution in [0.25, 0.3) is 0 Å². The lowest BCUT2D eigenvalue weighted by Gasteiger charge is -2.25. The highest BCUT2D eigenvalue weighted by atomic mass is 32.2. The first-order valence-electron chi connectivity index (χ1n) is 11.0. The summed E-state index contributed by atoms with van der Waals surface area (Å²) in [6, 6.07) is 9.19. The minimum absolute atomic E-state index is 0.00580. The number of rotatable bonds is 10. The monoisotopic (exact) mass is 514 g/mol. The fourth-order valence-electron chi connectivity index (χ4n) is 3.88. The number of fused-ring (bicyclic) bond motifs is 1. The third-order valence-electron chi connectivity index (χ3n) is 5.76. The topological polar surface area (TPSA) is 160 Å². The van der Waals surface area contributed by atoms with E-state index in [-0.39, 0.29) is 36.4 Å². The van der Waals surface area contributed by atoms with Crippen LogP contribution in [0.15, 0.2) is 29.2 Å². The van der Waals surface area contributed by atoms with Crippen molar-refractivity contribution in [1.29, 1.82) is 10.5 Å². The summed E-state index contributed by atoms with van der Waals surface area (Å²) in [7, 11) is -3.94. The molecule has 0 fully saturated rings. The number of amides is 2. The summed E-state index contributed by atoms with van der Waals surface area (Å²) in [4.78, 5) is 28.2. The van der Waals surface area contributed by atoms with Crippen LogP contribution in [0.4, 0.5) is 5.00 Å². The lowest BCUT2D eigenvalue weighted by molar-refractivity contribution is 0.1000. The quantitative estimate of drug-likeness (QED) is 0.492. The van der Waals surface area contributed by atoms with Crippen molar-refractivity contribution in [2.24, 2.45) is 5.73 Å². The van der Waals surface area contributed by atoms with Gasteiger partial charge in [0, 0.05) is 49.5 Å². The zero-order chi connectivity index (χ0) is 25.6. The Labute approximate surface area is 208 Å².